The molecule has 0 aliphatic heterocycles. The number of nitrogens with one attached hydrogen (secondary N) is 1. The Bertz CT molecular complexity index is 509. The Balaban J connectivity index is 3.01. The SMILES string of the molecule is N#CC(C#N)=NNc1cc(Cl)c(Cl)cc1Cl. The van der Waals surface area contributed by atoms with Crippen LogP contribution in [0.3, 0.4) is 0 Å². The van der Waals surface area contributed by atoms with Crippen LogP contribution in [0.4, 0.5) is 5.69 Å². The molecule has 0 aliphatic carbocycles. The average molecular weight is 274 g/mol. The molecule has 1 aromatic rings. The molecule has 80 valence electrons. The van der Waals surface area contributed by atoms with E-state index in [0.29, 0.717) is 15.7 Å². The maximum atomic E-state index is 8.45. The van der Waals surface area contributed by atoms with Crippen LogP contribution in [0.2, 0.25) is 15.1 Å². The Kier molecular flexibility index (Phi) is 4.39. The van der Waals surface area contributed by atoms with Crippen molar-refractivity contribution in [2.75, 3.05) is 5.43 Å². The van der Waals surface area contributed by atoms with Crippen molar-refractivity contribution in [2.45, 2.75) is 0 Å². The topological polar surface area (TPSA) is 72.0 Å². The monoisotopic (exact) mass is 272 g/mol. The second kappa shape index (κ2) is 5.58. The van der Waals surface area contributed by atoms with Crippen molar-refractivity contribution in [1.82, 2.24) is 0 Å². The predicted octanol–water partition coefficient (Wildman–Crippen LogP) is 3.46. The van der Waals surface area contributed by atoms with Crippen molar-refractivity contribution < 1.29 is 0 Å². The lowest BCUT2D eigenvalue weighted by Gasteiger charge is -2.04. The van der Waals surface area contributed by atoms with Gasteiger partial charge in [-0.15, -0.1) is 0 Å². The zero-order chi connectivity index (χ0) is 12.1. The van der Waals surface area contributed by atoms with Crippen LogP contribution in [0.5, 0.6) is 0 Å². The van der Waals surface area contributed by atoms with Gasteiger partial charge in [-0.05, 0) is 12.1 Å². The summed E-state index contributed by atoms with van der Waals surface area (Å²) in [5.74, 6) is 0. The first kappa shape index (κ1) is 12.6. The fraction of sp³-hybridized carbons (Fsp3) is 0. The Morgan fingerprint density at radius 2 is 1.62 bits per heavy atom. The number of hydrogen-bond acceptors (Lipinski definition) is 4. The fourth-order valence-corrected chi connectivity index (χ4v) is 1.39. The first-order valence-corrected chi connectivity index (χ1v) is 5.00. The van der Waals surface area contributed by atoms with Crippen LogP contribution in [0.15, 0.2) is 17.2 Å². The summed E-state index contributed by atoms with van der Waals surface area (Å²) >= 11 is 17.3. The molecule has 0 fully saturated rings. The van der Waals surface area contributed by atoms with Gasteiger partial charge in [0, 0.05) is 0 Å². The molecule has 0 heterocycles. The molecule has 0 saturated carbocycles. The number of hydrazone groups is 1. The lowest BCUT2D eigenvalue weighted by Crippen LogP contribution is -1.96. The van der Waals surface area contributed by atoms with Crippen molar-refractivity contribution >= 4 is 46.2 Å². The minimum Gasteiger partial charge on any atom is -0.275 e. The van der Waals surface area contributed by atoms with Gasteiger partial charge < -0.3 is 0 Å². The van der Waals surface area contributed by atoms with Gasteiger partial charge in [-0.25, -0.2) is 0 Å². The molecule has 7 heteroatoms. The Morgan fingerprint density at radius 1 is 1.06 bits per heavy atom. The highest BCUT2D eigenvalue weighted by atomic mass is 35.5. The van der Waals surface area contributed by atoms with E-state index in [4.69, 9.17) is 45.3 Å². The van der Waals surface area contributed by atoms with Gasteiger partial charge in [-0.3, -0.25) is 5.43 Å². The van der Waals surface area contributed by atoms with Gasteiger partial charge in [0.05, 0.1) is 20.8 Å². The normalized spacial score (nSPS) is 8.81. The predicted molar refractivity (Wildman–Crippen MR) is 63.8 cm³/mol. The van der Waals surface area contributed by atoms with E-state index in [-0.39, 0.29) is 10.7 Å². The highest BCUT2D eigenvalue weighted by Gasteiger charge is 2.05. The van der Waals surface area contributed by atoms with Crippen LogP contribution in [0.1, 0.15) is 0 Å². The molecule has 0 bridgehead atoms. The van der Waals surface area contributed by atoms with Crippen LogP contribution in [-0.2, 0) is 0 Å². The van der Waals surface area contributed by atoms with E-state index in [1.807, 2.05) is 0 Å². The third kappa shape index (κ3) is 3.01. The summed E-state index contributed by atoms with van der Waals surface area (Å²) in [6.07, 6.45) is 0. The van der Waals surface area contributed by atoms with E-state index in [1.54, 1.807) is 12.1 Å². The van der Waals surface area contributed by atoms with Crippen molar-refractivity contribution in [3.63, 3.8) is 0 Å². The van der Waals surface area contributed by atoms with Crippen molar-refractivity contribution in [1.29, 1.82) is 10.5 Å². The zero-order valence-electron chi connectivity index (χ0n) is 7.63. The second-order valence-electron chi connectivity index (χ2n) is 2.54. The molecule has 4 nitrogen and oxygen atoms in total. The smallest absolute Gasteiger partial charge is 0.237 e. The summed E-state index contributed by atoms with van der Waals surface area (Å²) in [4.78, 5) is 0. The summed E-state index contributed by atoms with van der Waals surface area (Å²) in [5.41, 5.74) is 2.49. The van der Waals surface area contributed by atoms with E-state index >= 15 is 0 Å². The summed E-state index contributed by atoms with van der Waals surface area (Å²) in [6, 6.07) is 6.06. The van der Waals surface area contributed by atoms with E-state index in [2.05, 4.69) is 10.5 Å². The molecule has 0 unspecified atom stereocenters. The van der Waals surface area contributed by atoms with Gasteiger partial charge in [-0.1, -0.05) is 34.8 Å². The molecule has 1 N–H and O–H groups in total. The van der Waals surface area contributed by atoms with Crippen molar-refractivity contribution in [3.8, 4) is 12.1 Å². The Hall–Kier alpha value is -1.46. The maximum Gasteiger partial charge on any atom is 0.237 e. The molecule has 0 radical (unpaired) electrons. The van der Waals surface area contributed by atoms with Crippen LogP contribution in [0.25, 0.3) is 0 Å². The van der Waals surface area contributed by atoms with Crippen molar-refractivity contribution in [2.24, 2.45) is 5.10 Å². The molecule has 0 aromatic heterocycles. The number of benzene rings is 1. The molecule has 0 aliphatic rings. The molecule has 1 aromatic carbocycles. The van der Waals surface area contributed by atoms with E-state index in [1.165, 1.54) is 12.1 Å². The fourth-order valence-electron chi connectivity index (χ4n) is 0.799. The molecular weight excluding hydrogens is 270 g/mol. The third-order valence-corrected chi connectivity index (χ3v) is 2.54. The standard InChI is InChI=1S/C9H3Cl3N4/c10-6-1-8(12)9(2-7(6)11)16-15-5(3-13)4-14/h1-2,16H. The number of rotatable bonds is 2. The first-order chi connectivity index (χ1) is 7.58. The minimum atomic E-state index is -0.317. The molecule has 1 rings (SSSR count). The molecule has 16 heavy (non-hydrogen) atoms. The zero-order valence-corrected chi connectivity index (χ0v) is 9.90. The second-order valence-corrected chi connectivity index (χ2v) is 3.76. The quantitative estimate of drug-likeness (QED) is 0.509. The van der Waals surface area contributed by atoms with E-state index < -0.39 is 0 Å². The van der Waals surface area contributed by atoms with Crippen LogP contribution in [-0.4, -0.2) is 5.71 Å². The van der Waals surface area contributed by atoms with Gasteiger partial charge in [0.25, 0.3) is 0 Å². The van der Waals surface area contributed by atoms with E-state index in [9.17, 15) is 0 Å². The van der Waals surface area contributed by atoms with Crippen LogP contribution in [0, 0.1) is 22.7 Å². The third-order valence-electron chi connectivity index (χ3n) is 1.51. The van der Waals surface area contributed by atoms with Gasteiger partial charge in [0.1, 0.15) is 12.1 Å². The van der Waals surface area contributed by atoms with Gasteiger partial charge in [0.2, 0.25) is 5.71 Å². The lowest BCUT2D eigenvalue weighted by molar-refractivity contribution is 1.34. The van der Waals surface area contributed by atoms with Gasteiger partial charge in [-0.2, -0.15) is 15.6 Å². The number of anilines is 1. The number of nitrogens with zero attached hydrogens (tertiary/aromatic N) is 3. The van der Waals surface area contributed by atoms with Gasteiger partial charge in [0.15, 0.2) is 0 Å². The average Bonchev–Trinajstić information content (AvgIpc) is 2.26. The molecule has 0 spiro atoms. The van der Waals surface area contributed by atoms with E-state index in [0.717, 1.165) is 0 Å². The Labute approximate surface area is 107 Å². The van der Waals surface area contributed by atoms with Crippen molar-refractivity contribution in [3.05, 3.63) is 27.2 Å². The largest absolute Gasteiger partial charge is 0.275 e. The first-order valence-electron chi connectivity index (χ1n) is 3.87. The summed E-state index contributed by atoms with van der Waals surface area (Å²) < 4.78 is 0. The van der Waals surface area contributed by atoms with Crippen LogP contribution >= 0.6 is 34.8 Å². The molecule has 0 saturated heterocycles. The minimum absolute atomic E-state index is 0.286. The highest BCUT2D eigenvalue weighted by molar-refractivity contribution is 6.44. The van der Waals surface area contributed by atoms with Gasteiger partial charge >= 0.3 is 0 Å². The lowest BCUT2D eigenvalue weighted by atomic mass is 10.3. The summed E-state index contributed by atoms with van der Waals surface area (Å²) in [7, 11) is 0. The molecular formula is C9H3Cl3N4. The maximum absolute atomic E-state index is 8.45. The Morgan fingerprint density at radius 3 is 2.19 bits per heavy atom. The summed E-state index contributed by atoms with van der Waals surface area (Å²) in [5, 5.41) is 21.3. The van der Waals surface area contributed by atoms with Crippen LogP contribution < -0.4 is 5.43 Å². The number of nitriles is 2. The molecule has 0 amide bonds. The number of halogens is 3. The summed E-state index contributed by atoms with van der Waals surface area (Å²) in [6.45, 7) is 0. The molecule has 0 atom stereocenters. The number of hydrogen-bond donors (Lipinski definition) is 1. The highest BCUT2D eigenvalue weighted by Crippen LogP contribution is 2.32.